The second kappa shape index (κ2) is 8.91. The molecule has 2 amide bonds. The van der Waals surface area contributed by atoms with Crippen LogP contribution in [0.4, 0.5) is 0 Å². The monoisotopic (exact) mass is 398 g/mol. The van der Waals surface area contributed by atoms with Gasteiger partial charge < -0.3 is 9.80 Å². The summed E-state index contributed by atoms with van der Waals surface area (Å²) >= 11 is 1.77. The van der Waals surface area contributed by atoms with Crippen LogP contribution in [0.25, 0.3) is 0 Å². The van der Waals surface area contributed by atoms with Gasteiger partial charge in [0.1, 0.15) is 6.54 Å². The first kappa shape index (κ1) is 20.6. The van der Waals surface area contributed by atoms with Gasteiger partial charge in [-0.1, -0.05) is 38.1 Å². The van der Waals surface area contributed by atoms with E-state index in [-0.39, 0.29) is 30.4 Å². The van der Waals surface area contributed by atoms with Crippen LogP contribution in [0.2, 0.25) is 0 Å². The van der Waals surface area contributed by atoms with E-state index in [0.717, 1.165) is 12.8 Å². The van der Waals surface area contributed by atoms with Gasteiger partial charge in [0.15, 0.2) is 0 Å². The molecule has 2 aromatic rings. The third kappa shape index (κ3) is 4.00. The highest BCUT2D eigenvalue weighted by Gasteiger charge is 2.34. The minimum Gasteiger partial charge on any atom is -0.331 e. The highest BCUT2D eigenvalue weighted by atomic mass is 32.1. The molecule has 28 heavy (non-hydrogen) atoms. The predicted molar refractivity (Wildman–Crippen MR) is 115 cm³/mol. The van der Waals surface area contributed by atoms with E-state index in [1.54, 1.807) is 16.2 Å². The maximum absolute atomic E-state index is 13.4. The SMILES string of the molecule is CCC(=O)N(CC(=O)N1CCc2sccc2[C@H]1c1ccccc1C)[C@H](C)CC. The molecular weight excluding hydrogens is 368 g/mol. The molecule has 150 valence electrons. The van der Waals surface area contributed by atoms with E-state index in [1.165, 1.54) is 21.6 Å². The van der Waals surface area contributed by atoms with Crippen LogP contribution < -0.4 is 0 Å². The summed E-state index contributed by atoms with van der Waals surface area (Å²) in [5.41, 5.74) is 3.59. The molecule has 0 aliphatic carbocycles. The van der Waals surface area contributed by atoms with E-state index >= 15 is 0 Å². The second-order valence-electron chi connectivity index (χ2n) is 7.53. The van der Waals surface area contributed by atoms with Crippen LogP contribution >= 0.6 is 11.3 Å². The summed E-state index contributed by atoms with van der Waals surface area (Å²) < 4.78 is 0. The molecular formula is C23H30N2O2S. The lowest BCUT2D eigenvalue weighted by Gasteiger charge is -2.39. The fourth-order valence-corrected chi connectivity index (χ4v) is 4.87. The van der Waals surface area contributed by atoms with Crippen molar-refractivity contribution in [3.05, 3.63) is 57.3 Å². The molecule has 0 unspecified atom stereocenters. The fourth-order valence-electron chi connectivity index (χ4n) is 3.96. The van der Waals surface area contributed by atoms with E-state index in [2.05, 4.69) is 37.4 Å². The van der Waals surface area contributed by atoms with Gasteiger partial charge in [-0.3, -0.25) is 9.59 Å². The number of thiophene rings is 1. The van der Waals surface area contributed by atoms with Crippen molar-refractivity contribution in [2.24, 2.45) is 0 Å². The summed E-state index contributed by atoms with van der Waals surface area (Å²) in [7, 11) is 0. The second-order valence-corrected chi connectivity index (χ2v) is 8.53. The Morgan fingerprint density at radius 1 is 1.21 bits per heavy atom. The fraction of sp³-hybridized carbons (Fsp3) is 0.478. The molecule has 0 N–H and O–H groups in total. The van der Waals surface area contributed by atoms with E-state index in [1.807, 2.05) is 30.9 Å². The quantitative estimate of drug-likeness (QED) is 0.715. The van der Waals surface area contributed by atoms with Gasteiger partial charge in [-0.15, -0.1) is 11.3 Å². The van der Waals surface area contributed by atoms with Gasteiger partial charge in [0.05, 0.1) is 6.04 Å². The summed E-state index contributed by atoms with van der Waals surface area (Å²) in [6.07, 6.45) is 2.15. The number of carbonyl (C=O) groups is 2. The largest absolute Gasteiger partial charge is 0.331 e. The number of hydrogen-bond acceptors (Lipinski definition) is 3. The number of benzene rings is 1. The lowest BCUT2D eigenvalue weighted by atomic mass is 9.90. The molecule has 1 aliphatic heterocycles. The van der Waals surface area contributed by atoms with Crippen molar-refractivity contribution in [2.75, 3.05) is 13.1 Å². The van der Waals surface area contributed by atoms with Gasteiger partial charge in [-0.25, -0.2) is 0 Å². The zero-order chi connectivity index (χ0) is 20.3. The molecule has 0 radical (unpaired) electrons. The molecule has 1 aliphatic rings. The van der Waals surface area contributed by atoms with Crippen molar-refractivity contribution >= 4 is 23.2 Å². The Kier molecular flexibility index (Phi) is 6.55. The van der Waals surface area contributed by atoms with Crippen molar-refractivity contribution in [2.45, 2.75) is 59.0 Å². The third-order valence-electron chi connectivity index (χ3n) is 5.82. The first-order chi connectivity index (χ1) is 13.5. The van der Waals surface area contributed by atoms with Gasteiger partial charge in [0, 0.05) is 23.9 Å². The molecule has 0 spiro atoms. The Morgan fingerprint density at radius 2 is 1.96 bits per heavy atom. The lowest BCUT2D eigenvalue weighted by molar-refractivity contribution is -0.143. The molecule has 0 fully saturated rings. The van der Waals surface area contributed by atoms with E-state index in [0.29, 0.717) is 13.0 Å². The van der Waals surface area contributed by atoms with Crippen LogP contribution in [-0.4, -0.2) is 40.7 Å². The number of aryl methyl sites for hydroxylation is 1. The average molecular weight is 399 g/mol. The number of hydrogen-bond donors (Lipinski definition) is 0. The van der Waals surface area contributed by atoms with Crippen molar-refractivity contribution in [1.82, 2.24) is 9.80 Å². The summed E-state index contributed by atoms with van der Waals surface area (Å²) in [4.78, 5) is 31.0. The molecule has 0 saturated carbocycles. The Hall–Kier alpha value is -2.14. The number of nitrogens with zero attached hydrogens (tertiary/aromatic N) is 2. The molecule has 5 heteroatoms. The zero-order valence-corrected chi connectivity index (χ0v) is 18.1. The Balaban J connectivity index is 1.94. The minimum absolute atomic E-state index is 0.0344. The summed E-state index contributed by atoms with van der Waals surface area (Å²) in [6.45, 7) is 8.89. The first-order valence-corrected chi connectivity index (χ1v) is 11.1. The van der Waals surface area contributed by atoms with Gasteiger partial charge in [-0.05, 0) is 54.8 Å². The predicted octanol–water partition coefficient (Wildman–Crippen LogP) is 4.57. The summed E-state index contributed by atoms with van der Waals surface area (Å²) in [5.74, 6) is 0.0792. The topological polar surface area (TPSA) is 40.6 Å². The molecule has 0 saturated heterocycles. The van der Waals surface area contributed by atoms with E-state index in [9.17, 15) is 9.59 Å². The van der Waals surface area contributed by atoms with E-state index in [4.69, 9.17) is 0 Å². The zero-order valence-electron chi connectivity index (χ0n) is 17.3. The average Bonchev–Trinajstić information content (AvgIpc) is 3.19. The molecule has 0 bridgehead atoms. The number of fused-ring (bicyclic) bond motifs is 1. The summed E-state index contributed by atoms with van der Waals surface area (Å²) in [6, 6.07) is 10.4. The Labute approximate surface area is 172 Å². The van der Waals surface area contributed by atoms with Crippen molar-refractivity contribution in [1.29, 1.82) is 0 Å². The van der Waals surface area contributed by atoms with Gasteiger partial charge >= 0.3 is 0 Å². The summed E-state index contributed by atoms with van der Waals surface area (Å²) in [5, 5.41) is 2.12. The van der Waals surface area contributed by atoms with Gasteiger partial charge in [0.25, 0.3) is 0 Å². The maximum atomic E-state index is 13.4. The standard InChI is InChI=1S/C23H30N2O2S/c1-5-17(4)25(21(26)6-2)15-22(27)24-13-11-20-19(12-14-28-20)23(24)18-10-8-7-9-16(18)3/h7-10,12,14,17,23H,5-6,11,13,15H2,1-4H3/t17-,23-/m1/s1. The highest BCUT2D eigenvalue weighted by Crippen LogP contribution is 2.39. The Bertz CT molecular complexity index is 845. The molecule has 1 aromatic heterocycles. The molecule has 4 nitrogen and oxygen atoms in total. The van der Waals surface area contributed by atoms with Crippen LogP contribution in [0.5, 0.6) is 0 Å². The third-order valence-corrected chi connectivity index (χ3v) is 6.82. The molecule has 2 heterocycles. The molecule has 3 rings (SSSR count). The van der Waals surface area contributed by atoms with Crippen molar-refractivity contribution < 1.29 is 9.59 Å². The van der Waals surface area contributed by atoms with Crippen LogP contribution in [0, 0.1) is 6.92 Å². The van der Waals surface area contributed by atoms with Crippen molar-refractivity contribution in [3.8, 4) is 0 Å². The maximum Gasteiger partial charge on any atom is 0.243 e. The van der Waals surface area contributed by atoms with Crippen LogP contribution in [-0.2, 0) is 16.0 Å². The normalized spacial score (nSPS) is 17.1. The lowest BCUT2D eigenvalue weighted by Crippen LogP contribution is -2.49. The minimum atomic E-state index is -0.0702. The Morgan fingerprint density at radius 3 is 2.64 bits per heavy atom. The number of carbonyl (C=O) groups excluding carboxylic acids is 2. The molecule has 1 aromatic carbocycles. The van der Waals surface area contributed by atoms with Crippen LogP contribution in [0.1, 0.15) is 61.2 Å². The molecule has 2 atom stereocenters. The van der Waals surface area contributed by atoms with E-state index < -0.39 is 0 Å². The smallest absolute Gasteiger partial charge is 0.243 e. The van der Waals surface area contributed by atoms with Crippen molar-refractivity contribution in [3.63, 3.8) is 0 Å². The van der Waals surface area contributed by atoms with Gasteiger partial charge in [-0.2, -0.15) is 0 Å². The number of rotatable bonds is 6. The van der Waals surface area contributed by atoms with Gasteiger partial charge in [0.2, 0.25) is 11.8 Å². The number of amides is 2. The highest BCUT2D eigenvalue weighted by molar-refractivity contribution is 7.10. The first-order valence-electron chi connectivity index (χ1n) is 10.2. The van der Waals surface area contributed by atoms with Crippen LogP contribution in [0.3, 0.4) is 0 Å². The van der Waals surface area contributed by atoms with Crippen LogP contribution in [0.15, 0.2) is 35.7 Å².